The van der Waals surface area contributed by atoms with Gasteiger partial charge in [0.05, 0.1) is 29.8 Å². The molecule has 0 radical (unpaired) electrons. The van der Waals surface area contributed by atoms with Gasteiger partial charge in [-0.2, -0.15) is 0 Å². The molecule has 0 aliphatic carbocycles. The van der Waals surface area contributed by atoms with Crippen LogP contribution in [0.25, 0.3) is 0 Å². The van der Waals surface area contributed by atoms with Crippen molar-refractivity contribution in [2.24, 2.45) is 0 Å². The van der Waals surface area contributed by atoms with E-state index in [9.17, 15) is 4.79 Å². The highest BCUT2D eigenvalue weighted by atomic mass is 35.5. The van der Waals surface area contributed by atoms with E-state index in [4.69, 9.17) is 32.7 Å². The molecule has 0 bridgehead atoms. The lowest BCUT2D eigenvalue weighted by Crippen LogP contribution is -2.26. The predicted octanol–water partition coefficient (Wildman–Crippen LogP) is 4.89. The number of benzene rings is 2. The van der Waals surface area contributed by atoms with E-state index < -0.39 is 0 Å². The zero-order valence-electron chi connectivity index (χ0n) is 13.7. The lowest BCUT2D eigenvalue weighted by molar-refractivity contribution is 0.0940. The third-order valence-electron chi connectivity index (χ3n) is 3.50. The quantitative estimate of drug-likeness (QED) is 0.790. The molecule has 2 aromatic carbocycles. The van der Waals surface area contributed by atoms with Gasteiger partial charge in [-0.15, -0.1) is 0 Å². The highest BCUT2D eigenvalue weighted by Crippen LogP contribution is 2.34. The van der Waals surface area contributed by atoms with Gasteiger partial charge in [0.1, 0.15) is 5.75 Å². The molecule has 2 rings (SSSR count). The summed E-state index contributed by atoms with van der Waals surface area (Å²) >= 11 is 12.2. The van der Waals surface area contributed by atoms with Crippen molar-refractivity contribution in [3.05, 3.63) is 57.6 Å². The average Bonchev–Trinajstić information content (AvgIpc) is 2.55. The Morgan fingerprint density at radius 2 is 1.75 bits per heavy atom. The maximum Gasteiger partial charge on any atom is 0.251 e. The van der Waals surface area contributed by atoms with Gasteiger partial charge in [0.2, 0.25) is 0 Å². The van der Waals surface area contributed by atoms with E-state index in [2.05, 4.69) is 5.32 Å². The van der Waals surface area contributed by atoms with Gasteiger partial charge in [0.15, 0.2) is 5.75 Å². The van der Waals surface area contributed by atoms with Crippen LogP contribution in [0.2, 0.25) is 10.0 Å². The molecule has 0 spiro atoms. The number of rotatable bonds is 6. The van der Waals surface area contributed by atoms with Crippen LogP contribution in [0, 0.1) is 0 Å². The van der Waals surface area contributed by atoms with E-state index >= 15 is 0 Å². The number of hydrogen-bond donors (Lipinski definition) is 1. The van der Waals surface area contributed by atoms with Crippen molar-refractivity contribution < 1.29 is 14.3 Å². The molecule has 0 aliphatic heterocycles. The fourth-order valence-corrected chi connectivity index (χ4v) is 2.91. The molecule has 2 aromatic rings. The minimum Gasteiger partial charge on any atom is -0.494 e. The van der Waals surface area contributed by atoms with Gasteiger partial charge in [0.25, 0.3) is 5.91 Å². The van der Waals surface area contributed by atoms with Crippen molar-refractivity contribution in [1.82, 2.24) is 5.32 Å². The lowest BCUT2D eigenvalue weighted by atomic mass is 10.1. The molecule has 1 atom stereocenters. The number of amides is 1. The number of halogens is 2. The standard InChI is InChI=1S/C18H19Cl2NO3/c1-4-24-14-7-5-12(6-8-14)11(2)21-18(22)13-9-15(19)17(23-3)16(20)10-13/h5-11H,4H2,1-3H3,(H,21,22). The molecule has 1 unspecified atom stereocenters. The maximum absolute atomic E-state index is 12.4. The van der Waals surface area contributed by atoms with Crippen molar-refractivity contribution in [2.45, 2.75) is 19.9 Å². The molecule has 128 valence electrons. The van der Waals surface area contributed by atoms with Crippen molar-refractivity contribution in [3.63, 3.8) is 0 Å². The number of methoxy groups -OCH3 is 1. The van der Waals surface area contributed by atoms with E-state index in [1.165, 1.54) is 19.2 Å². The zero-order valence-corrected chi connectivity index (χ0v) is 15.2. The third kappa shape index (κ3) is 4.34. The first-order valence-electron chi connectivity index (χ1n) is 7.53. The van der Waals surface area contributed by atoms with Crippen LogP contribution >= 0.6 is 23.2 Å². The first kappa shape index (κ1) is 18.4. The Balaban J connectivity index is 2.11. The van der Waals surface area contributed by atoms with E-state index in [1.54, 1.807) is 0 Å². The van der Waals surface area contributed by atoms with Gasteiger partial charge in [-0.05, 0) is 43.7 Å². The van der Waals surface area contributed by atoms with Crippen LogP contribution in [-0.4, -0.2) is 19.6 Å². The van der Waals surface area contributed by atoms with E-state index in [1.807, 2.05) is 38.1 Å². The summed E-state index contributed by atoms with van der Waals surface area (Å²) in [6.45, 7) is 4.45. The van der Waals surface area contributed by atoms with Gasteiger partial charge in [-0.1, -0.05) is 35.3 Å². The van der Waals surface area contributed by atoms with Crippen LogP contribution < -0.4 is 14.8 Å². The minimum absolute atomic E-state index is 0.173. The van der Waals surface area contributed by atoms with Gasteiger partial charge in [-0.25, -0.2) is 0 Å². The molecule has 0 saturated carbocycles. The summed E-state index contributed by atoms with van der Waals surface area (Å²) in [4.78, 5) is 12.4. The molecular weight excluding hydrogens is 349 g/mol. The van der Waals surface area contributed by atoms with Crippen LogP contribution in [-0.2, 0) is 0 Å². The van der Waals surface area contributed by atoms with Crippen LogP contribution in [0.3, 0.4) is 0 Å². The van der Waals surface area contributed by atoms with Gasteiger partial charge in [0, 0.05) is 5.56 Å². The largest absolute Gasteiger partial charge is 0.494 e. The van der Waals surface area contributed by atoms with E-state index in [-0.39, 0.29) is 11.9 Å². The van der Waals surface area contributed by atoms with Crippen molar-refractivity contribution >= 4 is 29.1 Å². The summed E-state index contributed by atoms with van der Waals surface area (Å²) in [5.41, 5.74) is 1.35. The summed E-state index contributed by atoms with van der Waals surface area (Å²) < 4.78 is 10.5. The number of nitrogens with one attached hydrogen (secondary N) is 1. The Kier molecular flexibility index (Phi) is 6.35. The van der Waals surface area contributed by atoms with E-state index in [0.717, 1.165) is 11.3 Å². The summed E-state index contributed by atoms with van der Waals surface area (Å²) in [7, 11) is 1.47. The summed E-state index contributed by atoms with van der Waals surface area (Å²) in [5, 5.41) is 3.51. The number of ether oxygens (including phenoxy) is 2. The Hall–Kier alpha value is -1.91. The second-order valence-corrected chi connectivity index (χ2v) is 5.98. The molecule has 1 N–H and O–H groups in total. The second kappa shape index (κ2) is 8.27. The van der Waals surface area contributed by atoms with Crippen molar-refractivity contribution in [1.29, 1.82) is 0 Å². The van der Waals surface area contributed by atoms with Gasteiger partial charge >= 0.3 is 0 Å². The monoisotopic (exact) mass is 367 g/mol. The van der Waals surface area contributed by atoms with Crippen molar-refractivity contribution in [2.75, 3.05) is 13.7 Å². The molecule has 0 aromatic heterocycles. The Labute approximate surface area is 151 Å². The molecule has 0 saturated heterocycles. The zero-order chi connectivity index (χ0) is 17.7. The highest BCUT2D eigenvalue weighted by Gasteiger charge is 2.16. The van der Waals surface area contributed by atoms with Gasteiger partial charge < -0.3 is 14.8 Å². The lowest BCUT2D eigenvalue weighted by Gasteiger charge is -2.16. The number of carbonyl (C=O) groups excluding carboxylic acids is 1. The average molecular weight is 368 g/mol. The normalized spacial score (nSPS) is 11.7. The smallest absolute Gasteiger partial charge is 0.251 e. The fraction of sp³-hybridized carbons (Fsp3) is 0.278. The van der Waals surface area contributed by atoms with Crippen molar-refractivity contribution in [3.8, 4) is 11.5 Å². The summed E-state index contributed by atoms with van der Waals surface area (Å²) in [5.74, 6) is 0.894. The molecule has 1 amide bonds. The van der Waals surface area contributed by atoms with Crippen LogP contribution in [0.15, 0.2) is 36.4 Å². The Morgan fingerprint density at radius 1 is 1.17 bits per heavy atom. The first-order chi connectivity index (χ1) is 11.5. The molecule has 0 heterocycles. The number of carbonyl (C=O) groups is 1. The molecule has 24 heavy (non-hydrogen) atoms. The molecule has 6 heteroatoms. The van der Waals surface area contributed by atoms with E-state index in [0.29, 0.717) is 28.0 Å². The third-order valence-corrected chi connectivity index (χ3v) is 4.06. The molecular formula is C18H19Cl2NO3. The second-order valence-electron chi connectivity index (χ2n) is 5.17. The first-order valence-corrected chi connectivity index (χ1v) is 8.28. The van der Waals surface area contributed by atoms with Crippen LogP contribution in [0.1, 0.15) is 35.8 Å². The maximum atomic E-state index is 12.4. The van der Waals surface area contributed by atoms with Crippen LogP contribution in [0.4, 0.5) is 0 Å². The van der Waals surface area contributed by atoms with Crippen LogP contribution in [0.5, 0.6) is 11.5 Å². The number of hydrogen-bond acceptors (Lipinski definition) is 3. The molecule has 4 nitrogen and oxygen atoms in total. The fourth-order valence-electron chi connectivity index (χ4n) is 2.27. The molecule has 0 aliphatic rings. The SMILES string of the molecule is CCOc1ccc(C(C)NC(=O)c2cc(Cl)c(OC)c(Cl)c2)cc1. The Morgan fingerprint density at radius 3 is 2.25 bits per heavy atom. The topological polar surface area (TPSA) is 47.6 Å². The predicted molar refractivity (Wildman–Crippen MR) is 96.5 cm³/mol. The highest BCUT2D eigenvalue weighted by molar-refractivity contribution is 6.37. The molecule has 0 fully saturated rings. The minimum atomic E-state index is -0.261. The Bertz CT molecular complexity index is 694. The summed E-state index contributed by atoms with van der Waals surface area (Å²) in [6, 6.07) is 10.5. The van der Waals surface area contributed by atoms with Gasteiger partial charge in [-0.3, -0.25) is 4.79 Å². The summed E-state index contributed by atoms with van der Waals surface area (Å²) in [6.07, 6.45) is 0.